The Hall–Kier alpha value is -3.72. The van der Waals surface area contributed by atoms with Crippen LogP contribution in [0.4, 0.5) is 0 Å². The second-order valence-corrected chi connectivity index (χ2v) is 9.93. The molecule has 0 bridgehead atoms. The van der Waals surface area contributed by atoms with Crippen LogP contribution < -0.4 is 5.19 Å². The maximum Gasteiger partial charge on any atom is 0.194 e. The zero-order valence-corrected chi connectivity index (χ0v) is 19.7. The molecule has 33 heavy (non-hydrogen) atoms. The predicted octanol–water partition coefficient (Wildman–Crippen LogP) is 6.66. The number of benzene rings is 6. The Bertz CT molecular complexity index is 1500. The molecule has 1 nitrogen and oxygen atoms in total. The first-order valence-corrected chi connectivity index (χ1v) is 12.7. The van der Waals surface area contributed by atoms with Crippen LogP contribution in [0.25, 0.3) is 32.3 Å². The van der Waals surface area contributed by atoms with E-state index in [9.17, 15) is 0 Å². The van der Waals surface area contributed by atoms with Crippen molar-refractivity contribution in [2.45, 2.75) is 6.10 Å². The highest BCUT2D eigenvalue weighted by Crippen LogP contribution is 2.30. The average molecular weight is 441 g/mol. The first-order valence-electron chi connectivity index (χ1n) is 11.4. The van der Waals surface area contributed by atoms with Gasteiger partial charge in [0.15, 0.2) is 9.76 Å². The zero-order chi connectivity index (χ0) is 22.0. The first kappa shape index (κ1) is 19.9. The Labute approximate surface area is 196 Å². The summed E-state index contributed by atoms with van der Waals surface area (Å²) in [5.41, 5.74) is 2.41. The van der Waals surface area contributed by atoms with Gasteiger partial charge in [-0.05, 0) is 60.8 Å². The van der Waals surface area contributed by atoms with E-state index < -0.39 is 9.76 Å². The van der Waals surface area contributed by atoms with Crippen LogP contribution in [-0.4, -0.2) is 9.76 Å². The van der Waals surface area contributed by atoms with Crippen LogP contribution in [-0.2, 0) is 4.43 Å². The fraction of sp³-hybridized carbons (Fsp3) is 0.0323. The van der Waals surface area contributed by atoms with Crippen molar-refractivity contribution in [2.75, 3.05) is 0 Å². The van der Waals surface area contributed by atoms with Crippen LogP contribution in [0.1, 0.15) is 17.2 Å². The minimum absolute atomic E-state index is 0.0927. The Morgan fingerprint density at radius 3 is 1.61 bits per heavy atom. The highest BCUT2D eigenvalue weighted by atomic mass is 28.2. The molecule has 6 aromatic rings. The molecule has 0 amide bonds. The summed E-state index contributed by atoms with van der Waals surface area (Å²) in [6.45, 7) is 0. The number of hydrogen-bond donors (Lipinski definition) is 0. The van der Waals surface area contributed by atoms with Crippen molar-refractivity contribution in [3.05, 3.63) is 139 Å². The van der Waals surface area contributed by atoms with Gasteiger partial charge in [-0.2, -0.15) is 0 Å². The van der Waals surface area contributed by atoms with Gasteiger partial charge in [0.2, 0.25) is 0 Å². The first-order chi connectivity index (χ1) is 16.3. The molecule has 6 rings (SSSR count). The minimum atomic E-state index is -0.971. The molecule has 0 atom stereocenters. The van der Waals surface area contributed by atoms with E-state index in [0.717, 1.165) is 0 Å². The standard InChI is InChI=1S/C31H24OSi/c1-3-11-25-20-27(18-16-22(25)8-1)31(28-19-17-23-9-2-4-12-26(23)21-28)32-33-30-15-7-13-24-10-5-6-14-29(24)30/h1-21,31H,33H2. The predicted molar refractivity (Wildman–Crippen MR) is 143 cm³/mol. The van der Waals surface area contributed by atoms with E-state index in [1.165, 1.54) is 48.6 Å². The van der Waals surface area contributed by atoms with Gasteiger partial charge in [0.25, 0.3) is 0 Å². The molecule has 0 N–H and O–H groups in total. The van der Waals surface area contributed by atoms with Gasteiger partial charge < -0.3 is 4.43 Å². The second-order valence-electron chi connectivity index (χ2n) is 8.54. The Morgan fingerprint density at radius 1 is 0.455 bits per heavy atom. The molecule has 0 heterocycles. The van der Waals surface area contributed by atoms with E-state index in [2.05, 4.69) is 127 Å². The summed E-state index contributed by atoms with van der Waals surface area (Å²) in [4.78, 5) is 0. The summed E-state index contributed by atoms with van der Waals surface area (Å²) in [5.74, 6) is 0. The SMILES string of the molecule is c1ccc2cc(C(O[SiH2]c3cccc4ccccc34)c3ccc4ccccc4c3)ccc2c1. The van der Waals surface area contributed by atoms with Crippen molar-refractivity contribution in [1.29, 1.82) is 0 Å². The molecule has 0 aliphatic rings. The van der Waals surface area contributed by atoms with Crippen molar-refractivity contribution < 1.29 is 4.43 Å². The maximum absolute atomic E-state index is 6.85. The molecule has 0 radical (unpaired) electrons. The van der Waals surface area contributed by atoms with E-state index >= 15 is 0 Å². The molecule has 0 aromatic heterocycles. The molecule has 0 unspecified atom stereocenters. The molecule has 0 fully saturated rings. The van der Waals surface area contributed by atoms with E-state index in [-0.39, 0.29) is 6.10 Å². The van der Waals surface area contributed by atoms with Crippen LogP contribution in [0.3, 0.4) is 0 Å². The molecular weight excluding hydrogens is 416 g/mol. The summed E-state index contributed by atoms with van der Waals surface area (Å²) in [5, 5.41) is 8.93. The normalized spacial score (nSPS) is 11.9. The lowest BCUT2D eigenvalue weighted by molar-refractivity contribution is 0.267. The lowest BCUT2D eigenvalue weighted by Crippen LogP contribution is -2.21. The molecule has 0 aliphatic carbocycles. The zero-order valence-electron chi connectivity index (χ0n) is 18.3. The molecular formula is C31H24OSi. The van der Waals surface area contributed by atoms with E-state index in [0.29, 0.717) is 0 Å². The third-order valence-electron chi connectivity index (χ3n) is 6.44. The second kappa shape index (κ2) is 8.66. The van der Waals surface area contributed by atoms with Crippen molar-refractivity contribution in [1.82, 2.24) is 0 Å². The van der Waals surface area contributed by atoms with Crippen LogP contribution in [0, 0.1) is 0 Å². The van der Waals surface area contributed by atoms with Gasteiger partial charge in [-0.1, -0.05) is 115 Å². The smallest absolute Gasteiger partial charge is 0.194 e. The molecule has 0 aliphatic heterocycles. The van der Waals surface area contributed by atoms with Crippen LogP contribution in [0.5, 0.6) is 0 Å². The quantitative estimate of drug-likeness (QED) is 0.272. The fourth-order valence-corrected chi connectivity index (χ4v) is 6.16. The number of hydrogen-bond acceptors (Lipinski definition) is 1. The topological polar surface area (TPSA) is 9.23 Å². The van der Waals surface area contributed by atoms with Gasteiger partial charge in [-0.15, -0.1) is 0 Å². The van der Waals surface area contributed by atoms with Crippen molar-refractivity contribution in [3.63, 3.8) is 0 Å². The number of rotatable bonds is 5. The van der Waals surface area contributed by atoms with E-state index in [4.69, 9.17) is 4.43 Å². The molecule has 0 saturated heterocycles. The number of fused-ring (bicyclic) bond motifs is 3. The van der Waals surface area contributed by atoms with Gasteiger partial charge in [0, 0.05) is 0 Å². The molecule has 158 valence electrons. The summed E-state index contributed by atoms with van der Waals surface area (Å²) >= 11 is 0. The average Bonchev–Trinajstić information content (AvgIpc) is 2.89. The van der Waals surface area contributed by atoms with Crippen molar-refractivity contribution in [3.8, 4) is 0 Å². The highest BCUT2D eigenvalue weighted by Gasteiger charge is 2.17. The highest BCUT2D eigenvalue weighted by molar-refractivity contribution is 6.51. The van der Waals surface area contributed by atoms with Crippen LogP contribution >= 0.6 is 0 Å². The van der Waals surface area contributed by atoms with E-state index in [1.807, 2.05) is 0 Å². The summed E-state index contributed by atoms with van der Waals surface area (Å²) in [6.07, 6.45) is -0.0927. The lowest BCUT2D eigenvalue weighted by Gasteiger charge is -2.21. The fourth-order valence-electron chi connectivity index (χ4n) is 4.72. The van der Waals surface area contributed by atoms with Gasteiger partial charge >= 0.3 is 0 Å². The van der Waals surface area contributed by atoms with Crippen molar-refractivity contribution in [2.24, 2.45) is 0 Å². The third-order valence-corrected chi connectivity index (χ3v) is 7.87. The largest absolute Gasteiger partial charge is 0.408 e. The lowest BCUT2D eigenvalue weighted by atomic mass is 9.96. The summed E-state index contributed by atoms with van der Waals surface area (Å²) < 4.78 is 6.85. The minimum Gasteiger partial charge on any atom is -0.408 e. The summed E-state index contributed by atoms with van der Waals surface area (Å²) in [6, 6.07) is 45.7. The maximum atomic E-state index is 6.85. The molecule has 0 saturated carbocycles. The van der Waals surface area contributed by atoms with Crippen LogP contribution in [0.15, 0.2) is 127 Å². The van der Waals surface area contributed by atoms with Crippen LogP contribution in [0.2, 0.25) is 0 Å². The van der Waals surface area contributed by atoms with Gasteiger partial charge in [-0.25, -0.2) is 0 Å². The van der Waals surface area contributed by atoms with Crippen molar-refractivity contribution >= 4 is 47.3 Å². The Balaban J connectivity index is 1.43. The van der Waals surface area contributed by atoms with Gasteiger partial charge in [-0.3, -0.25) is 0 Å². The van der Waals surface area contributed by atoms with E-state index in [1.54, 1.807) is 0 Å². The molecule has 6 aromatic carbocycles. The van der Waals surface area contributed by atoms with Gasteiger partial charge in [0.05, 0.1) is 6.10 Å². The molecule has 2 heteroatoms. The molecule has 0 spiro atoms. The van der Waals surface area contributed by atoms with Gasteiger partial charge in [0.1, 0.15) is 0 Å². The third kappa shape index (κ3) is 3.95. The Kier molecular flexibility index (Phi) is 5.23. The Morgan fingerprint density at radius 2 is 0.970 bits per heavy atom. The summed E-state index contributed by atoms with van der Waals surface area (Å²) in [7, 11) is -0.971. The monoisotopic (exact) mass is 440 g/mol.